The third-order valence-corrected chi connectivity index (χ3v) is 4.27. The topological polar surface area (TPSA) is 48.1 Å². The number of nitrogens with zero attached hydrogens (tertiary/aromatic N) is 2. The Bertz CT molecular complexity index is 916. The van der Waals surface area contributed by atoms with Crippen LogP contribution in [-0.4, -0.2) is 9.49 Å². The second-order valence-electron chi connectivity index (χ2n) is 5.08. The molecule has 4 nitrogen and oxygen atoms in total. The molecule has 0 fully saturated rings. The third-order valence-electron chi connectivity index (χ3n) is 3.53. The average molecular weight is 347 g/mol. The highest BCUT2D eigenvalue weighted by Crippen LogP contribution is 2.26. The smallest absolute Gasteiger partial charge is 0.235 e. The fourth-order valence-corrected chi connectivity index (χ4v) is 2.84. The van der Waals surface area contributed by atoms with Crippen LogP contribution in [0.3, 0.4) is 0 Å². The Morgan fingerprint density at radius 1 is 1.13 bits per heavy atom. The van der Waals surface area contributed by atoms with Gasteiger partial charge in [-0.1, -0.05) is 47.5 Å². The number of para-hydroxylation sites is 1. The van der Waals surface area contributed by atoms with Gasteiger partial charge in [-0.25, -0.2) is 0 Å². The van der Waals surface area contributed by atoms with Gasteiger partial charge in [0.25, 0.3) is 0 Å². The van der Waals surface area contributed by atoms with Gasteiger partial charge in [-0.15, -0.1) is 0 Å². The maximum absolute atomic E-state index is 10.6. The molecule has 23 heavy (non-hydrogen) atoms. The summed E-state index contributed by atoms with van der Waals surface area (Å²) in [6, 6.07) is 13.3. The zero-order chi connectivity index (χ0) is 16.4. The van der Waals surface area contributed by atoms with Crippen molar-refractivity contribution in [3.8, 4) is 0 Å². The first-order chi connectivity index (χ1) is 11.0. The van der Waals surface area contributed by atoms with Crippen molar-refractivity contribution in [2.24, 2.45) is 0 Å². The van der Waals surface area contributed by atoms with Gasteiger partial charge in [0.15, 0.2) is 0 Å². The van der Waals surface area contributed by atoms with Crippen LogP contribution in [0, 0.1) is 10.1 Å². The molecule has 116 valence electrons. The standard InChI is InChI=1S/C17H12Cl2N2O2/c18-15-6-5-12(9-16(15)19)10-20-11-13(7-8-21(22)23)14-3-1-2-4-17(14)20/h1-9,11H,10H2/b8-7+. The van der Waals surface area contributed by atoms with Crippen molar-refractivity contribution < 1.29 is 4.92 Å². The molecule has 0 bridgehead atoms. The van der Waals surface area contributed by atoms with Crippen LogP contribution in [0.5, 0.6) is 0 Å². The summed E-state index contributed by atoms with van der Waals surface area (Å²) in [5, 5.41) is 12.5. The summed E-state index contributed by atoms with van der Waals surface area (Å²) in [7, 11) is 0. The molecule has 1 heterocycles. The largest absolute Gasteiger partial charge is 0.342 e. The minimum Gasteiger partial charge on any atom is -0.342 e. The van der Waals surface area contributed by atoms with Crippen molar-refractivity contribution in [1.82, 2.24) is 4.57 Å². The SMILES string of the molecule is O=[N+]([O-])/C=C/c1cn(Cc2ccc(Cl)c(Cl)c2)c2ccccc12. The highest BCUT2D eigenvalue weighted by Gasteiger charge is 2.08. The quantitative estimate of drug-likeness (QED) is 0.478. The summed E-state index contributed by atoms with van der Waals surface area (Å²) >= 11 is 12.0. The molecule has 0 saturated carbocycles. The number of aromatic nitrogens is 1. The fourth-order valence-electron chi connectivity index (χ4n) is 2.51. The Labute approximate surface area is 142 Å². The molecule has 0 spiro atoms. The van der Waals surface area contributed by atoms with Gasteiger partial charge in [0.2, 0.25) is 6.20 Å². The lowest BCUT2D eigenvalue weighted by molar-refractivity contribution is -0.400. The van der Waals surface area contributed by atoms with E-state index in [0.717, 1.165) is 28.2 Å². The molecule has 0 amide bonds. The Morgan fingerprint density at radius 3 is 2.65 bits per heavy atom. The normalized spacial score (nSPS) is 11.4. The van der Waals surface area contributed by atoms with Gasteiger partial charge in [0.05, 0.1) is 15.0 Å². The molecule has 3 rings (SSSR count). The van der Waals surface area contributed by atoms with E-state index >= 15 is 0 Å². The summed E-state index contributed by atoms with van der Waals surface area (Å²) in [5.74, 6) is 0. The number of benzene rings is 2. The number of hydrogen-bond acceptors (Lipinski definition) is 2. The number of hydrogen-bond donors (Lipinski definition) is 0. The van der Waals surface area contributed by atoms with Crippen molar-refractivity contribution in [2.75, 3.05) is 0 Å². The molecule has 3 aromatic rings. The van der Waals surface area contributed by atoms with E-state index < -0.39 is 4.92 Å². The maximum atomic E-state index is 10.6. The molecule has 2 aromatic carbocycles. The lowest BCUT2D eigenvalue weighted by Gasteiger charge is -2.06. The van der Waals surface area contributed by atoms with Gasteiger partial charge < -0.3 is 4.57 Å². The first kappa shape index (κ1) is 15.6. The molecular formula is C17H12Cl2N2O2. The van der Waals surface area contributed by atoms with Crippen molar-refractivity contribution >= 4 is 40.2 Å². The van der Waals surface area contributed by atoms with Crippen LogP contribution in [-0.2, 0) is 6.54 Å². The van der Waals surface area contributed by atoms with Crippen LogP contribution in [0.15, 0.2) is 54.9 Å². The van der Waals surface area contributed by atoms with Crippen LogP contribution in [0.2, 0.25) is 10.0 Å². The van der Waals surface area contributed by atoms with Gasteiger partial charge in [-0.2, -0.15) is 0 Å². The average Bonchev–Trinajstić information content (AvgIpc) is 2.87. The Morgan fingerprint density at radius 2 is 1.91 bits per heavy atom. The van der Waals surface area contributed by atoms with E-state index in [2.05, 4.69) is 0 Å². The molecule has 0 unspecified atom stereocenters. The second kappa shape index (κ2) is 6.44. The van der Waals surface area contributed by atoms with Crippen molar-refractivity contribution in [3.63, 3.8) is 0 Å². The monoisotopic (exact) mass is 346 g/mol. The molecule has 6 heteroatoms. The van der Waals surface area contributed by atoms with E-state index in [4.69, 9.17) is 23.2 Å². The van der Waals surface area contributed by atoms with E-state index in [1.54, 1.807) is 6.07 Å². The predicted molar refractivity (Wildman–Crippen MR) is 93.5 cm³/mol. The van der Waals surface area contributed by atoms with E-state index in [1.165, 1.54) is 6.08 Å². The minimum atomic E-state index is -0.467. The summed E-state index contributed by atoms with van der Waals surface area (Å²) in [5.41, 5.74) is 2.81. The Kier molecular flexibility index (Phi) is 4.37. The van der Waals surface area contributed by atoms with E-state index in [-0.39, 0.29) is 0 Å². The summed E-state index contributed by atoms with van der Waals surface area (Å²) in [6.07, 6.45) is 4.35. The van der Waals surface area contributed by atoms with Gasteiger partial charge in [0, 0.05) is 35.3 Å². The van der Waals surface area contributed by atoms with Gasteiger partial charge in [0.1, 0.15) is 0 Å². The van der Waals surface area contributed by atoms with Crippen molar-refractivity contribution in [1.29, 1.82) is 0 Å². The van der Waals surface area contributed by atoms with Crippen LogP contribution >= 0.6 is 23.2 Å². The predicted octanol–water partition coefficient (Wildman–Crippen LogP) is 5.24. The molecule has 1 aromatic heterocycles. The minimum absolute atomic E-state index is 0.467. The number of rotatable bonds is 4. The molecule has 0 aliphatic carbocycles. The van der Waals surface area contributed by atoms with E-state index in [1.807, 2.05) is 47.2 Å². The fraction of sp³-hybridized carbons (Fsp3) is 0.0588. The molecular weight excluding hydrogens is 335 g/mol. The number of nitro groups is 1. The Hall–Kier alpha value is -2.30. The highest BCUT2D eigenvalue weighted by atomic mass is 35.5. The van der Waals surface area contributed by atoms with Crippen LogP contribution in [0.1, 0.15) is 11.1 Å². The van der Waals surface area contributed by atoms with Gasteiger partial charge in [-0.05, 0) is 23.8 Å². The maximum Gasteiger partial charge on any atom is 0.235 e. The molecule has 0 N–H and O–H groups in total. The molecule has 0 aliphatic heterocycles. The van der Waals surface area contributed by atoms with Gasteiger partial charge in [-0.3, -0.25) is 10.1 Å². The summed E-state index contributed by atoms with van der Waals surface area (Å²) < 4.78 is 2.04. The van der Waals surface area contributed by atoms with Crippen molar-refractivity contribution in [2.45, 2.75) is 6.54 Å². The second-order valence-corrected chi connectivity index (χ2v) is 5.89. The van der Waals surface area contributed by atoms with Crippen molar-refractivity contribution in [3.05, 3.63) is 86.1 Å². The van der Waals surface area contributed by atoms with Crippen LogP contribution < -0.4 is 0 Å². The van der Waals surface area contributed by atoms with E-state index in [9.17, 15) is 10.1 Å². The first-order valence-electron chi connectivity index (χ1n) is 6.88. The number of fused-ring (bicyclic) bond motifs is 1. The van der Waals surface area contributed by atoms with Crippen LogP contribution in [0.25, 0.3) is 17.0 Å². The van der Waals surface area contributed by atoms with Gasteiger partial charge >= 0.3 is 0 Å². The van der Waals surface area contributed by atoms with E-state index in [0.29, 0.717) is 16.6 Å². The zero-order valence-electron chi connectivity index (χ0n) is 11.9. The molecule has 0 atom stereocenters. The number of halogens is 2. The molecule has 0 saturated heterocycles. The third kappa shape index (κ3) is 3.38. The zero-order valence-corrected chi connectivity index (χ0v) is 13.5. The molecule has 0 aliphatic rings. The summed E-state index contributed by atoms with van der Waals surface area (Å²) in [6.45, 7) is 0.601. The Balaban J connectivity index is 2.03. The van der Waals surface area contributed by atoms with Crippen LogP contribution in [0.4, 0.5) is 0 Å². The molecule has 0 radical (unpaired) electrons. The first-order valence-corrected chi connectivity index (χ1v) is 7.63. The lowest BCUT2D eigenvalue weighted by atomic mass is 10.2. The summed E-state index contributed by atoms with van der Waals surface area (Å²) in [4.78, 5) is 10.1. The lowest BCUT2D eigenvalue weighted by Crippen LogP contribution is -1.97. The highest BCUT2D eigenvalue weighted by molar-refractivity contribution is 6.42.